The van der Waals surface area contributed by atoms with Crippen LogP contribution in [-0.4, -0.2) is 47.3 Å². The predicted octanol–water partition coefficient (Wildman–Crippen LogP) is 3.06. The van der Waals surface area contributed by atoms with Gasteiger partial charge in [-0.05, 0) is 43.0 Å². The second-order valence-corrected chi connectivity index (χ2v) is 6.74. The smallest absolute Gasteiger partial charge is 0.274 e. The standard InChI is InChI=1S/C19H28N4O2.ClH/c1-13(2)15(20)8-10-22(4)19(24)16-9-11-23(21-16)17-12-14(3)6-7-18(17)25-5;/h6-7,9,11-13,15H,8,10,20H2,1-5H3;1H. The molecule has 0 saturated carbocycles. The summed E-state index contributed by atoms with van der Waals surface area (Å²) in [5, 5.41) is 4.43. The first kappa shape index (κ1) is 22.0. The zero-order chi connectivity index (χ0) is 18.6. The number of hydrogen-bond donors (Lipinski definition) is 1. The van der Waals surface area contributed by atoms with Gasteiger partial charge in [-0.3, -0.25) is 4.79 Å². The molecule has 0 spiro atoms. The molecule has 1 aromatic carbocycles. The number of ether oxygens (including phenoxy) is 1. The number of nitrogens with zero attached hydrogens (tertiary/aromatic N) is 3. The van der Waals surface area contributed by atoms with Crippen LogP contribution in [0.15, 0.2) is 30.5 Å². The van der Waals surface area contributed by atoms with Crippen LogP contribution in [0.5, 0.6) is 5.75 Å². The van der Waals surface area contributed by atoms with Crippen molar-refractivity contribution in [3.63, 3.8) is 0 Å². The summed E-state index contributed by atoms with van der Waals surface area (Å²) in [4.78, 5) is 14.2. The number of aryl methyl sites for hydroxylation is 1. The highest BCUT2D eigenvalue weighted by molar-refractivity contribution is 5.92. The summed E-state index contributed by atoms with van der Waals surface area (Å²) in [5.74, 6) is 1.00. The Morgan fingerprint density at radius 3 is 2.65 bits per heavy atom. The Labute approximate surface area is 161 Å². The van der Waals surface area contributed by atoms with E-state index >= 15 is 0 Å². The van der Waals surface area contributed by atoms with Crippen LogP contribution in [-0.2, 0) is 0 Å². The molecule has 1 unspecified atom stereocenters. The van der Waals surface area contributed by atoms with Crippen molar-refractivity contribution < 1.29 is 9.53 Å². The second-order valence-electron chi connectivity index (χ2n) is 6.74. The Bertz CT molecular complexity index is 730. The fourth-order valence-corrected chi connectivity index (χ4v) is 2.52. The van der Waals surface area contributed by atoms with Crippen molar-refractivity contribution in [2.24, 2.45) is 11.7 Å². The molecule has 0 fully saturated rings. The van der Waals surface area contributed by atoms with E-state index in [0.29, 0.717) is 23.9 Å². The number of nitrogens with two attached hydrogens (primary N) is 1. The van der Waals surface area contributed by atoms with Gasteiger partial charge in [0.05, 0.1) is 7.11 Å². The van der Waals surface area contributed by atoms with E-state index in [9.17, 15) is 4.79 Å². The summed E-state index contributed by atoms with van der Waals surface area (Å²) < 4.78 is 7.06. The molecular formula is C19H29ClN4O2. The summed E-state index contributed by atoms with van der Waals surface area (Å²) in [6, 6.07) is 7.66. The minimum atomic E-state index is -0.110. The molecule has 144 valence electrons. The third-order valence-electron chi connectivity index (χ3n) is 4.39. The van der Waals surface area contributed by atoms with Gasteiger partial charge in [0.15, 0.2) is 5.69 Å². The molecule has 0 bridgehead atoms. The van der Waals surface area contributed by atoms with Crippen molar-refractivity contribution in [3.8, 4) is 11.4 Å². The van der Waals surface area contributed by atoms with E-state index in [4.69, 9.17) is 10.5 Å². The van der Waals surface area contributed by atoms with E-state index < -0.39 is 0 Å². The Kier molecular flexibility index (Phi) is 8.11. The number of halogens is 1. The molecule has 0 aliphatic rings. The maximum atomic E-state index is 12.6. The lowest BCUT2D eigenvalue weighted by Gasteiger charge is -2.20. The number of amides is 1. The third-order valence-corrected chi connectivity index (χ3v) is 4.39. The first-order valence-corrected chi connectivity index (χ1v) is 8.55. The summed E-state index contributed by atoms with van der Waals surface area (Å²) in [6.45, 7) is 6.79. The number of carbonyl (C=O) groups excluding carboxylic acids is 1. The number of hydrogen-bond acceptors (Lipinski definition) is 4. The van der Waals surface area contributed by atoms with E-state index in [1.807, 2.05) is 25.1 Å². The molecular weight excluding hydrogens is 352 g/mol. The average Bonchev–Trinajstić information content (AvgIpc) is 3.08. The van der Waals surface area contributed by atoms with Crippen molar-refractivity contribution in [1.82, 2.24) is 14.7 Å². The van der Waals surface area contributed by atoms with Crippen LogP contribution in [0.2, 0.25) is 0 Å². The highest BCUT2D eigenvalue weighted by Crippen LogP contribution is 2.23. The lowest BCUT2D eigenvalue weighted by molar-refractivity contribution is 0.0783. The Balaban J connectivity index is 0.00000338. The molecule has 1 atom stereocenters. The van der Waals surface area contributed by atoms with Crippen LogP contribution in [0.25, 0.3) is 5.69 Å². The van der Waals surface area contributed by atoms with Crippen LogP contribution in [0.3, 0.4) is 0 Å². The van der Waals surface area contributed by atoms with Gasteiger partial charge in [-0.25, -0.2) is 4.68 Å². The molecule has 0 aliphatic heterocycles. The highest BCUT2D eigenvalue weighted by atomic mass is 35.5. The quantitative estimate of drug-likeness (QED) is 0.801. The first-order chi connectivity index (χ1) is 11.8. The Morgan fingerprint density at radius 1 is 1.35 bits per heavy atom. The van der Waals surface area contributed by atoms with Gasteiger partial charge in [0, 0.05) is 25.8 Å². The monoisotopic (exact) mass is 380 g/mol. The molecule has 2 N–H and O–H groups in total. The third kappa shape index (κ3) is 5.22. The molecule has 2 aromatic rings. The summed E-state index contributed by atoms with van der Waals surface area (Å²) in [6.07, 6.45) is 2.55. The van der Waals surface area contributed by atoms with Crippen molar-refractivity contribution in [2.45, 2.75) is 33.2 Å². The van der Waals surface area contributed by atoms with Gasteiger partial charge >= 0.3 is 0 Å². The van der Waals surface area contributed by atoms with Crippen molar-refractivity contribution in [1.29, 1.82) is 0 Å². The SMILES string of the molecule is COc1ccc(C)cc1-n1ccc(C(=O)N(C)CCC(N)C(C)C)n1.Cl. The number of benzene rings is 1. The van der Waals surface area contributed by atoms with Gasteiger partial charge in [0.1, 0.15) is 11.4 Å². The molecule has 0 aliphatic carbocycles. The van der Waals surface area contributed by atoms with Crippen molar-refractivity contribution in [3.05, 3.63) is 41.7 Å². The summed E-state index contributed by atoms with van der Waals surface area (Å²) in [7, 11) is 3.40. The van der Waals surface area contributed by atoms with Crippen LogP contribution < -0.4 is 10.5 Å². The van der Waals surface area contributed by atoms with E-state index in [1.165, 1.54) is 0 Å². The van der Waals surface area contributed by atoms with Gasteiger partial charge in [0.25, 0.3) is 5.91 Å². The maximum Gasteiger partial charge on any atom is 0.274 e. The molecule has 7 heteroatoms. The molecule has 26 heavy (non-hydrogen) atoms. The number of carbonyl (C=O) groups is 1. The molecule has 1 aromatic heterocycles. The topological polar surface area (TPSA) is 73.4 Å². The zero-order valence-corrected chi connectivity index (χ0v) is 16.9. The molecule has 6 nitrogen and oxygen atoms in total. The van der Waals surface area contributed by atoms with Crippen LogP contribution in [0.4, 0.5) is 0 Å². The largest absolute Gasteiger partial charge is 0.494 e. The maximum absolute atomic E-state index is 12.6. The second kappa shape index (κ2) is 9.59. The fourth-order valence-electron chi connectivity index (χ4n) is 2.52. The predicted molar refractivity (Wildman–Crippen MR) is 106 cm³/mol. The average molecular weight is 381 g/mol. The van der Waals surface area contributed by atoms with E-state index in [2.05, 4.69) is 18.9 Å². The van der Waals surface area contributed by atoms with Gasteiger partial charge in [-0.1, -0.05) is 19.9 Å². The Morgan fingerprint density at radius 2 is 2.04 bits per heavy atom. The number of aromatic nitrogens is 2. The van der Waals surface area contributed by atoms with Gasteiger partial charge < -0.3 is 15.4 Å². The zero-order valence-electron chi connectivity index (χ0n) is 16.1. The minimum Gasteiger partial charge on any atom is -0.494 e. The Hall–Kier alpha value is -2.05. The van der Waals surface area contributed by atoms with E-state index in [0.717, 1.165) is 17.7 Å². The fraction of sp³-hybridized carbons (Fsp3) is 0.474. The highest BCUT2D eigenvalue weighted by Gasteiger charge is 2.17. The van der Waals surface area contributed by atoms with Gasteiger partial charge in [-0.15, -0.1) is 12.4 Å². The molecule has 0 saturated heterocycles. The molecule has 2 rings (SSSR count). The minimum absolute atomic E-state index is 0. The van der Waals surface area contributed by atoms with Crippen LogP contribution in [0.1, 0.15) is 36.3 Å². The molecule has 1 amide bonds. The lowest BCUT2D eigenvalue weighted by atomic mass is 10.0. The summed E-state index contributed by atoms with van der Waals surface area (Å²) in [5.41, 5.74) is 8.37. The number of methoxy groups -OCH3 is 1. The summed E-state index contributed by atoms with van der Waals surface area (Å²) >= 11 is 0. The van der Waals surface area contributed by atoms with Gasteiger partial charge in [0.2, 0.25) is 0 Å². The lowest BCUT2D eigenvalue weighted by Crippen LogP contribution is -2.34. The van der Waals surface area contributed by atoms with E-state index in [-0.39, 0.29) is 24.4 Å². The van der Waals surface area contributed by atoms with Crippen molar-refractivity contribution in [2.75, 3.05) is 20.7 Å². The van der Waals surface area contributed by atoms with Crippen molar-refractivity contribution >= 4 is 18.3 Å². The van der Waals surface area contributed by atoms with Crippen LogP contribution in [0, 0.1) is 12.8 Å². The number of rotatable bonds is 7. The normalized spacial score (nSPS) is 11.8. The molecule has 0 radical (unpaired) electrons. The van der Waals surface area contributed by atoms with Gasteiger partial charge in [-0.2, -0.15) is 5.10 Å². The van der Waals surface area contributed by atoms with Crippen LogP contribution >= 0.6 is 12.4 Å². The first-order valence-electron chi connectivity index (χ1n) is 8.55. The molecule has 1 heterocycles. The van der Waals surface area contributed by atoms with E-state index in [1.54, 1.807) is 36.0 Å².